The number of ether oxygens (including phenoxy) is 1. The summed E-state index contributed by atoms with van der Waals surface area (Å²) in [4.78, 5) is 15.6. The molecular weight excluding hydrogens is 560 g/mol. The summed E-state index contributed by atoms with van der Waals surface area (Å²) in [5.74, 6) is 0.541. The van der Waals surface area contributed by atoms with Crippen LogP contribution >= 0.6 is 11.6 Å². The minimum atomic E-state index is -3.89. The number of halogens is 1. The number of hydrogen-bond donors (Lipinski definition) is 2. The number of benzene rings is 2. The second kappa shape index (κ2) is 11.3. The van der Waals surface area contributed by atoms with Crippen LogP contribution in [0.2, 0.25) is 5.02 Å². The molecule has 2 N–H and O–H groups in total. The molecule has 41 heavy (non-hydrogen) atoms. The van der Waals surface area contributed by atoms with E-state index in [-0.39, 0.29) is 18.3 Å². The lowest BCUT2D eigenvalue weighted by Gasteiger charge is -2.45. The maximum atomic E-state index is 13.3. The number of nitrogens with one attached hydrogen (secondary N) is 1. The lowest BCUT2D eigenvalue weighted by atomic mass is 9.68. The van der Waals surface area contributed by atoms with Gasteiger partial charge >= 0.3 is 0 Å². The molecule has 222 valence electrons. The zero-order valence-electron chi connectivity index (χ0n) is 23.5. The molecule has 1 spiro atoms. The number of hydrogen-bond acceptors (Lipinski definition) is 6. The van der Waals surface area contributed by atoms with Crippen molar-refractivity contribution in [3.63, 3.8) is 0 Å². The number of amides is 1. The van der Waals surface area contributed by atoms with E-state index in [1.54, 1.807) is 25.1 Å². The highest BCUT2D eigenvalue weighted by Gasteiger charge is 2.44. The summed E-state index contributed by atoms with van der Waals surface area (Å²) in [5, 5.41) is 11.1. The normalized spacial score (nSPS) is 32.0. The maximum Gasteiger partial charge on any atom is 0.264 e. The standard InChI is InChI=1S/C32H39ClN2O5S.H2/c1-2-25-7-3-4-8-29(36)26-12-9-23(26)18-35-19-32(15-5-6-21-16-24(33)11-13-27(21)32)20-40-30-14-10-22(17-28(30)35)31(37)34-41(25,38)39;/h3-4,10-11,13-14,16-17,23,25-26,29,36H,2,5-9,12,15,18-20H2,1H3,(H,34,37);1H/b4-3+;/t23-,25+,26+,29-,32-;/m0./s1. The average Bonchev–Trinajstić information content (AvgIpc) is 3.07. The van der Waals surface area contributed by atoms with Crippen LogP contribution in [0.5, 0.6) is 5.75 Å². The summed E-state index contributed by atoms with van der Waals surface area (Å²) in [6.07, 6.45) is 9.39. The van der Waals surface area contributed by atoms with Crippen molar-refractivity contribution in [1.29, 1.82) is 0 Å². The van der Waals surface area contributed by atoms with Crippen LogP contribution < -0.4 is 14.4 Å². The third-order valence-electron chi connectivity index (χ3n) is 9.80. The predicted molar refractivity (Wildman–Crippen MR) is 163 cm³/mol. The van der Waals surface area contributed by atoms with Gasteiger partial charge in [0.15, 0.2) is 0 Å². The zero-order chi connectivity index (χ0) is 28.8. The third-order valence-corrected chi connectivity index (χ3v) is 11.9. The first-order chi connectivity index (χ1) is 19.7. The average molecular weight is 601 g/mol. The van der Waals surface area contributed by atoms with Crippen LogP contribution in [0.25, 0.3) is 0 Å². The van der Waals surface area contributed by atoms with Gasteiger partial charge in [-0.25, -0.2) is 13.1 Å². The number of aliphatic hydroxyl groups is 1. The van der Waals surface area contributed by atoms with E-state index in [2.05, 4.69) is 21.8 Å². The number of carbonyl (C=O) groups is 1. The second-order valence-corrected chi connectivity index (χ2v) is 14.7. The van der Waals surface area contributed by atoms with Crippen molar-refractivity contribution in [3.05, 3.63) is 70.3 Å². The molecule has 1 fully saturated rings. The van der Waals surface area contributed by atoms with E-state index in [0.29, 0.717) is 44.1 Å². The van der Waals surface area contributed by atoms with Crippen molar-refractivity contribution in [1.82, 2.24) is 4.72 Å². The molecule has 0 unspecified atom stereocenters. The van der Waals surface area contributed by atoms with Crippen LogP contribution in [0.1, 0.15) is 74.8 Å². The minimum absolute atomic E-state index is 0. The number of allylic oxidation sites excluding steroid dienone is 1. The van der Waals surface area contributed by atoms with Crippen LogP contribution in [-0.4, -0.2) is 50.5 Å². The van der Waals surface area contributed by atoms with E-state index in [9.17, 15) is 18.3 Å². The number of anilines is 1. The number of carbonyl (C=O) groups excluding carboxylic acids is 1. The molecule has 2 aromatic carbocycles. The van der Waals surface area contributed by atoms with Crippen LogP contribution in [0, 0.1) is 11.8 Å². The van der Waals surface area contributed by atoms with Gasteiger partial charge < -0.3 is 14.7 Å². The first-order valence-electron chi connectivity index (χ1n) is 14.9. The van der Waals surface area contributed by atoms with Gasteiger partial charge in [0.05, 0.1) is 23.6 Å². The van der Waals surface area contributed by atoms with Gasteiger partial charge in [-0.1, -0.05) is 36.7 Å². The minimum Gasteiger partial charge on any atom is -0.490 e. The predicted octanol–water partition coefficient (Wildman–Crippen LogP) is 5.63. The van der Waals surface area contributed by atoms with Gasteiger partial charge in [0.25, 0.3) is 5.91 Å². The molecule has 5 atom stereocenters. The van der Waals surface area contributed by atoms with Crippen LogP contribution in [0.15, 0.2) is 48.6 Å². The molecule has 2 aliphatic heterocycles. The van der Waals surface area contributed by atoms with Crippen molar-refractivity contribution in [2.45, 2.75) is 75.1 Å². The third kappa shape index (κ3) is 5.51. The highest BCUT2D eigenvalue weighted by molar-refractivity contribution is 7.90. The van der Waals surface area contributed by atoms with E-state index >= 15 is 0 Å². The Morgan fingerprint density at radius 1 is 1.17 bits per heavy atom. The molecule has 2 heterocycles. The highest BCUT2D eigenvalue weighted by Crippen LogP contribution is 2.46. The monoisotopic (exact) mass is 600 g/mol. The molecule has 6 rings (SSSR count). The molecule has 1 saturated carbocycles. The molecule has 0 saturated heterocycles. The number of rotatable bonds is 1. The second-order valence-electron chi connectivity index (χ2n) is 12.3. The molecule has 2 aromatic rings. The summed E-state index contributed by atoms with van der Waals surface area (Å²) in [6.45, 7) is 3.74. The van der Waals surface area contributed by atoms with Gasteiger partial charge in [-0.3, -0.25) is 4.79 Å². The van der Waals surface area contributed by atoms with E-state index in [0.717, 1.165) is 49.4 Å². The van der Waals surface area contributed by atoms with E-state index in [1.807, 2.05) is 18.2 Å². The van der Waals surface area contributed by atoms with E-state index in [1.165, 1.54) is 11.1 Å². The largest absolute Gasteiger partial charge is 0.490 e. The molecule has 9 heteroatoms. The topological polar surface area (TPSA) is 95.9 Å². The zero-order valence-corrected chi connectivity index (χ0v) is 25.1. The first-order valence-corrected chi connectivity index (χ1v) is 16.8. The van der Waals surface area contributed by atoms with Crippen molar-refractivity contribution < 1.29 is 24.5 Å². The Morgan fingerprint density at radius 2 is 2.00 bits per heavy atom. The van der Waals surface area contributed by atoms with Gasteiger partial charge in [-0.2, -0.15) is 0 Å². The summed E-state index contributed by atoms with van der Waals surface area (Å²) in [7, 11) is -3.89. The smallest absolute Gasteiger partial charge is 0.264 e. The van der Waals surface area contributed by atoms with Gasteiger partial charge in [0.2, 0.25) is 10.0 Å². The lowest BCUT2D eigenvalue weighted by molar-refractivity contribution is 0.0177. The quantitative estimate of drug-likeness (QED) is 0.412. The number of aryl methyl sites for hydroxylation is 1. The molecule has 7 nitrogen and oxygen atoms in total. The van der Waals surface area contributed by atoms with Crippen molar-refractivity contribution >= 4 is 33.2 Å². The molecule has 4 aliphatic rings. The Morgan fingerprint density at radius 3 is 2.78 bits per heavy atom. The molecule has 1 amide bonds. The van der Waals surface area contributed by atoms with Crippen molar-refractivity contribution in [2.24, 2.45) is 11.8 Å². The highest BCUT2D eigenvalue weighted by atomic mass is 35.5. The Bertz CT molecular complexity index is 1470. The summed E-state index contributed by atoms with van der Waals surface area (Å²) >= 11 is 6.38. The number of sulfonamides is 1. The maximum absolute atomic E-state index is 13.3. The first kappa shape index (κ1) is 28.6. The van der Waals surface area contributed by atoms with Crippen molar-refractivity contribution in [3.8, 4) is 5.75 Å². The SMILES string of the molecule is CC[C@@H]1C/C=C/C[C@H](O)[C@@H]2CC[C@H]2CN2C[C@@]3(CCCc4cc(Cl)ccc43)COc3ccc(cc32)C(=O)NS1(=O)=O.[HH]. The van der Waals surface area contributed by atoms with Crippen molar-refractivity contribution in [2.75, 3.05) is 24.6 Å². The molecular formula is C32H41ClN2O5S. The molecule has 0 radical (unpaired) electrons. The number of nitrogens with zero attached hydrogens (tertiary/aromatic N) is 1. The van der Waals surface area contributed by atoms with Gasteiger partial charge in [-0.15, -0.1) is 0 Å². The number of fused-ring (bicyclic) bond motifs is 4. The van der Waals surface area contributed by atoms with E-state index in [4.69, 9.17) is 16.3 Å². The van der Waals surface area contributed by atoms with Gasteiger partial charge in [0, 0.05) is 30.5 Å². The van der Waals surface area contributed by atoms with E-state index < -0.39 is 27.3 Å². The van der Waals surface area contributed by atoms with Gasteiger partial charge in [-0.05, 0) is 105 Å². The molecule has 0 aromatic heterocycles. The summed E-state index contributed by atoms with van der Waals surface area (Å²) in [6, 6.07) is 11.4. The summed E-state index contributed by atoms with van der Waals surface area (Å²) < 4.78 is 35.1. The number of aliphatic hydroxyl groups excluding tert-OH is 1. The Balaban J connectivity index is 0.00000353. The van der Waals surface area contributed by atoms with Gasteiger partial charge in [0.1, 0.15) is 5.75 Å². The Hall–Kier alpha value is -2.55. The van der Waals surface area contributed by atoms with Crippen LogP contribution in [-0.2, 0) is 21.9 Å². The van der Waals surface area contributed by atoms with Crippen LogP contribution in [0.4, 0.5) is 5.69 Å². The fourth-order valence-corrected chi connectivity index (χ4v) is 8.85. The fourth-order valence-electron chi connectivity index (χ4n) is 7.31. The Kier molecular flexibility index (Phi) is 7.85. The summed E-state index contributed by atoms with van der Waals surface area (Å²) in [5.41, 5.74) is 3.35. The van der Waals surface area contributed by atoms with Crippen LogP contribution in [0.3, 0.4) is 0 Å². The Labute approximate surface area is 249 Å². The lowest BCUT2D eigenvalue weighted by Crippen LogP contribution is -2.49. The fraction of sp³-hybridized carbons (Fsp3) is 0.531. The molecule has 2 aliphatic carbocycles. The molecule has 2 bridgehead atoms.